The van der Waals surface area contributed by atoms with E-state index in [0.717, 1.165) is 6.54 Å². The van der Waals surface area contributed by atoms with Gasteiger partial charge in [-0.25, -0.2) is 0 Å². The zero-order valence-corrected chi connectivity index (χ0v) is 10.2. The number of hydrogen-bond donors (Lipinski definition) is 1. The summed E-state index contributed by atoms with van der Waals surface area (Å²) in [4.78, 5) is 0. The van der Waals surface area contributed by atoms with Crippen LogP contribution in [0.25, 0.3) is 0 Å². The van der Waals surface area contributed by atoms with Gasteiger partial charge in [-0.15, -0.1) is 0 Å². The molecular weight excluding hydrogens is 182 g/mol. The first-order valence-corrected chi connectivity index (χ1v) is 6.11. The Morgan fingerprint density at radius 1 is 1.13 bits per heavy atom. The van der Waals surface area contributed by atoms with Gasteiger partial charge in [-0.2, -0.15) is 0 Å². The Morgan fingerprint density at radius 2 is 1.60 bits per heavy atom. The molecule has 0 aliphatic heterocycles. The van der Waals surface area contributed by atoms with E-state index in [1.54, 1.807) is 0 Å². The van der Waals surface area contributed by atoms with Gasteiger partial charge in [0.1, 0.15) is 0 Å². The van der Waals surface area contributed by atoms with Crippen LogP contribution in [-0.4, -0.2) is 12.6 Å². The molecule has 0 saturated carbocycles. The maximum Gasteiger partial charge on any atom is 0.0148 e. The van der Waals surface area contributed by atoms with Crippen molar-refractivity contribution in [1.29, 1.82) is 0 Å². The smallest absolute Gasteiger partial charge is 0.0148 e. The molecule has 1 heteroatoms. The third-order valence-electron chi connectivity index (χ3n) is 2.54. The van der Waals surface area contributed by atoms with Crippen molar-refractivity contribution in [3.05, 3.63) is 35.4 Å². The molecule has 2 rings (SSSR count). The Balaban J connectivity index is 0.000000511. The second-order valence-corrected chi connectivity index (χ2v) is 4.14. The quantitative estimate of drug-likeness (QED) is 0.783. The van der Waals surface area contributed by atoms with Crippen molar-refractivity contribution in [2.24, 2.45) is 0 Å². The molecule has 0 amide bonds. The van der Waals surface area contributed by atoms with E-state index in [2.05, 4.69) is 50.4 Å². The fourth-order valence-electron chi connectivity index (χ4n) is 1.99. The first-order valence-electron chi connectivity index (χ1n) is 6.11. The van der Waals surface area contributed by atoms with E-state index in [1.807, 2.05) is 0 Å². The van der Waals surface area contributed by atoms with Crippen LogP contribution in [0.3, 0.4) is 0 Å². The van der Waals surface area contributed by atoms with Gasteiger partial charge in [0.2, 0.25) is 0 Å². The molecule has 0 fully saturated rings. The Morgan fingerprint density at radius 3 is 2.00 bits per heavy atom. The maximum atomic E-state index is 3.49. The standard InChI is InChI=1S/C11H15N.C3H8.H2/c1-2-12-11-7-9-5-3-4-6-10(9)8-11;1-3-2;/h3-6,11-12H,2,7-8H2,1H3;3H2,1-2H3;1H. The molecule has 15 heavy (non-hydrogen) atoms. The Bertz CT molecular complexity index is 261. The fourth-order valence-corrected chi connectivity index (χ4v) is 1.99. The Hall–Kier alpha value is -0.820. The molecule has 1 aliphatic rings. The summed E-state index contributed by atoms with van der Waals surface area (Å²) in [6.45, 7) is 7.50. The highest BCUT2D eigenvalue weighted by Crippen LogP contribution is 2.21. The second-order valence-electron chi connectivity index (χ2n) is 4.14. The summed E-state index contributed by atoms with van der Waals surface area (Å²) in [5, 5.41) is 3.49. The monoisotopic (exact) mass is 207 g/mol. The first-order chi connectivity index (χ1) is 7.31. The molecule has 1 aromatic carbocycles. The van der Waals surface area contributed by atoms with E-state index in [1.165, 1.54) is 30.4 Å². The molecule has 1 nitrogen and oxygen atoms in total. The van der Waals surface area contributed by atoms with Gasteiger partial charge in [-0.3, -0.25) is 0 Å². The van der Waals surface area contributed by atoms with E-state index in [0.29, 0.717) is 6.04 Å². The molecule has 0 aromatic heterocycles. The van der Waals surface area contributed by atoms with Crippen molar-refractivity contribution in [1.82, 2.24) is 5.32 Å². The molecule has 1 aromatic rings. The highest BCUT2D eigenvalue weighted by molar-refractivity contribution is 5.33. The summed E-state index contributed by atoms with van der Waals surface area (Å²) in [6, 6.07) is 9.44. The van der Waals surface area contributed by atoms with Gasteiger partial charge in [0.15, 0.2) is 0 Å². The van der Waals surface area contributed by atoms with Crippen molar-refractivity contribution >= 4 is 0 Å². The molecule has 1 aliphatic carbocycles. The number of likely N-dealkylation sites (N-methyl/N-ethyl adjacent to an activating group) is 1. The maximum absolute atomic E-state index is 3.49. The van der Waals surface area contributed by atoms with Crippen molar-refractivity contribution < 1.29 is 1.43 Å². The van der Waals surface area contributed by atoms with Gasteiger partial charge >= 0.3 is 0 Å². The van der Waals surface area contributed by atoms with E-state index in [9.17, 15) is 0 Å². The third kappa shape index (κ3) is 3.67. The zero-order valence-electron chi connectivity index (χ0n) is 10.2. The average molecular weight is 207 g/mol. The summed E-state index contributed by atoms with van der Waals surface area (Å²) < 4.78 is 0. The van der Waals surface area contributed by atoms with E-state index in [4.69, 9.17) is 0 Å². The number of rotatable bonds is 2. The highest BCUT2D eigenvalue weighted by Gasteiger charge is 2.18. The van der Waals surface area contributed by atoms with Crippen LogP contribution in [0.1, 0.15) is 39.7 Å². The van der Waals surface area contributed by atoms with Crippen molar-refractivity contribution in [3.63, 3.8) is 0 Å². The second kappa shape index (κ2) is 6.62. The Labute approximate surface area is 95.4 Å². The first kappa shape index (κ1) is 12.3. The topological polar surface area (TPSA) is 12.0 Å². The predicted molar refractivity (Wildman–Crippen MR) is 69.4 cm³/mol. The molecule has 1 N–H and O–H groups in total. The van der Waals surface area contributed by atoms with Crippen molar-refractivity contribution in [3.8, 4) is 0 Å². The molecule has 0 saturated heterocycles. The molecule has 86 valence electrons. The predicted octanol–water partition coefficient (Wildman–Crippen LogP) is 3.43. The number of hydrogen-bond acceptors (Lipinski definition) is 1. The summed E-state index contributed by atoms with van der Waals surface area (Å²) in [5.41, 5.74) is 3.06. The van der Waals surface area contributed by atoms with Crippen LogP contribution >= 0.6 is 0 Å². The lowest BCUT2D eigenvalue weighted by Gasteiger charge is -2.08. The normalized spacial score (nSPS) is 14.3. The average Bonchev–Trinajstić information content (AvgIpc) is 2.61. The van der Waals surface area contributed by atoms with Gasteiger partial charge < -0.3 is 5.32 Å². The lowest BCUT2D eigenvalue weighted by Crippen LogP contribution is -2.28. The summed E-state index contributed by atoms with van der Waals surface area (Å²) in [6.07, 6.45) is 3.67. The van der Waals surface area contributed by atoms with Crippen molar-refractivity contribution in [2.75, 3.05) is 6.54 Å². The van der Waals surface area contributed by atoms with Gasteiger partial charge in [-0.05, 0) is 30.5 Å². The van der Waals surface area contributed by atoms with Crippen LogP contribution in [0.4, 0.5) is 0 Å². The van der Waals surface area contributed by atoms with Gasteiger partial charge in [0.05, 0.1) is 0 Å². The van der Waals surface area contributed by atoms with Gasteiger partial charge in [-0.1, -0.05) is 51.5 Å². The van der Waals surface area contributed by atoms with E-state index in [-0.39, 0.29) is 1.43 Å². The molecule has 0 heterocycles. The Kier molecular flexibility index (Phi) is 5.41. The number of nitrogens with one attached hydrogen (secondary N) is 1. The minimum Gasteiger partial charge on any atom is -0.314 e. The minimum absolute atomic E-state index is 0. The van der Waals surface area contributed by atoms with Gasteiger partial charge in [0, 0.05) is 7.47 Å². The lowest BCUT2D eigenvalue weighted by atomic mass is 10.1. The largest absolute Gasteiger partial charge is 0.314 e. The summed E-state index contributed by atoms with van der Waals surface area (Å²) in [7, 11) is 0. The lowest BCUT2D eigenvalue weighted by molar-refractivity contribution is 0.552. The van der Waals surface area contributed by atoms with E-state index < -0.39 is 0 Å². The SMILES string of the molecule is CCC.CCNC1Cc2ccccc2C1.[HH]. The number of fused-ring (bicyclic) bond motifs is 1. The van der Waals surface area contributed by atoms with Crippen LogP contribution in [0.5, 0.6) is 0 Å². The number of benzene rings is 1. The van der Waals surface area contributed by atoms with Gasteiger partial charge in [0.25, 0.3) is 0 Å². The van der Waals surface area contributed by atoms with Crippen LogP contribution in [0.15, 0.2) is 24.3 Å². The molecule has 0 atom stereocenters. The molecule has 0 unspecified atom stereocenters. The summed E-state index contributed by atoms with van der Waals surface area (Å²) >= 11 is 0. The molecule has 0 radical (unpaired) electrons. The van der Waals surface area contributed by atoms with E-state index >= 15 is 0 Å². The van der Waals surface area contributed by atoms with Crippen LogP contribution in [0.2, 0.25) is 0 Å². The van der Waals surface area contributed by atoms with Crippen LogP contribution in [-0.2, 0) is 12.8 Å². The fraction of sp³-hybridized carbons (Fsp3) is 0.571. The van der Waals surface area contributed by atoms with Crippen molar-refractivity contribution in [2.45, 2.75) is 46.1 Å². The minimum atomic E-state index is 0. The molecular formula is C14H25N. The molecule has 0 spiro atoms. The summed E-state index contributed by atoms with van der Waals surface area (Å²) in [5.74, 6) is 0. The highest BCUT2D eigenvalue weighted by atomic mass is 14.9. The van der Waals surface area contributed by atoms with Crippen LogP contribution in [0, 0.1) is 0 Å². The third-order valence-corrected chi connectivity index (χ3v) is 2.54. The van der Waals surface area contributed by atoms with Crippen LogP contribution < -0.4 is 5.32 Å². The zero-order chi connectivity index (χ0) is 11.1. The molecule has 0 bridgehead atoms.